The van der Waals surface area contributed by atoms with Crippen LogP contribution in [0.4, 0.5) is 0 Å². The summed E-state index contributed by atoms with van der Waals surface area (Å²) in [6.07, 6.45) is 3.45. The number of benzene rings is 1. The maximum Gasteiger partial charge on any atom is 0.325 e. The Balaban J connectivity index is 1.79. The number of carbonyl (C=O) groups excluding carboxylic acids is 2. The second-order valence-electron chi connectivity index (χ2n) is 11.4. The topological polar surface area (TPSA) is 79.7 Å². The fourth-order valence-electron chi connectivity index (χ4n) is 4.28. The number of ketones is 1. The predicted molar refractivity (Wildman–Crippen MR) is 136 cm³/mol. The summed E-state index contributed by atoms with van der Waals surface area (Å²) in [4.78, 5) is 30.6. The van der Waals surface area contributed by atoms with E-state index in [1.165, 1.54) is 7.11 Å². The van der Waals surface area contributed by atoms with E-state index in [9.17, 15) is 9.59 Å². The van der Waals surface area contributed by atoms with Crippen LogP contribution in [0.2, 0.25) is 18.1 Å². The molecule has 1 saturated carbocycles. The van der Waals surface area contributed by atoms with Gasteiger partial charge in [0.05, 0.1) is 25.3 Å². The molecule has 1 fully saturated rings. The molecule has 0 amide bonds. The highest BCUT2D eigenvalue weighted by Gasteiger charge is 2.42. The molecule has 7 nitrogen and oxygen atoms in total. The van der Waals surface area contributed by atoms with Crippen LogP contribution >= 0.6 is 0 Å². The molecule has 0 N–H and O–H groups in total. The first-order valence-electron chi connectivity index (χ1n) is 12.1. The van der Waals surface area contributed by atoms with Gasteiger partial charge < -0.3 is 18.5 Å². The molecule has 0 bridgehead atoms. The molecule has 0 spiro atoms. The number of esters is 1. The van der Waals surface area contributed by atoms with Gasteiger partial charge in [0.1, 0.15) is 12.3 Å². The highest BCUT2D eigenvalue weighted by Crippen LogP contribution is 2.43. The normalized spacial score (nSPS) is 21.5. The second-order valence-corrected chi connectivity index (χ2v) is 16.2. The zero-order valence-corrected chi connectivity index (χ0v) is 23.0. The van der Waals surface area contributed by atoms with Crippen LogP contribution in [-0.2, 0) is 20.5 Å². The lowest BCUT2D eigenvalue weighted by atomic mass is 9.69. The van der Waals surface area contributed by atoms with Crippen molar-refractivity contribution in [3.63, 3.8) is 0 Å². The molecular weight excluding hydrogens is 448 g/mol. The molecule has 1 aliphatic rings. The van der Waals surface area contributed by atoms with Gasteiger partial charge in [-0.1, -0.05) is 27.7 Å². The number of ether oxygens (including phenoxy) is 2. The summed E-state index contributed by atoms with van der Waals surface area (Å²) >= 11 is 0. The van der Waals surface area contributed by atoms with Crippen molar-refractivity contribution >= 4 is 31.1 Å². The molecule has 0 aliphatic heterocycles. The molecular formula is C26H40N2O5Si. The maximum atomic E-state index is 13.8. The Labute approximate surface area is 204 Å². The van der Waals surface area contributed by atoms with Crippen molar-refractivity contribution < 1.29 is 23.5 Å². The minimum Gasteiger partial charge on any atom is -0.497 e. The Hall–Kier alpha value is -2.19. The molecule has 0 atom stereocenters. The van der Waals surface area contributed by atoms with Gasteiger partial charge in [-0.25, -0.2) is 4.98 Å². The highest BCUT2D eigenvalue weighted by atomic mass is 28.4. The number of rotatable bonds is 8. The van der Waals surface area contributed by atoms with E-state index in [0.717, 1.165) is 32.3 Å². The highest BCUT2D eigenvalue weighted by molar-refractivity contribution is 6.74. The number of fused-ring (bicyclic) bond motifs is 1. The van der Waals surface area contributed by atoms with E-state index < -0.39 is 19.7 Å². The summed E-state index contributed by atoms with van der Waals surface area (Å²) < 4.78 is 18.4. The number of carbonyl (C=O) groups is 2. The summed E-state index contributed by atoms with van der Waals surface area (Å²) in [6.45, 7) is 14.1. The predicted octanol–water partition coefficient (Wildman–Crippen LogP) is 5.62. The summed E-state index contributed by atoms with van der Waals surface area (Å²) in [7, 11) is 1.14. The minimum atomic E-state index is -1.79. The van der Waals surface area contributed by atoms with Crippen LogP contribution in [0.25, 0.3) is 11.0 Å². The number of hydrogen-bond acceptors (Lipinski definition) is 6. The second kappa shape index (κ2) is 9.82. The number of imidazole rings is 1. The first kappa shape index (κ1) is 26.4. The lowest BCUT2D eigenvalue weighted by Gasteiger charge is -2.40. The van der Waals surface area contributed by atoms with Gasteiger partial charge in [-0.15, -0.1) is 0 Å². The molecule has 8 heteroatoms. The van der Waals surface area contributed by atoms with E-state index in [1.54, 1.807) is 23.8 Å². The van der Waals surface area contributed by atoms with Crippen molar-refractivity contribution in [2.75, 3.05) is 20.8 Å². The van der Waals surface area contributed by atoms with Crippen molar-refractivity contribution in [2.24, 2.45) is 11.3 Å². The van der Waals surface area contributed by atoms with Gasteiger partial charge in [0.25, 0.3) is 0 Å². The van der Waals surface area contributed by atoms with Crippen LogP contribution < -0.4 is 4.74 Å². The molecule has 0 unspecified atom stereocenters. The number of Topliss-reactive ketones (excluding diaryl/α,β-unsaturated/α-hetero) is 1. The number of aromatic nitrogens is 2. The molecule has 188 valence electrons. The lowest BCUT2D eigenvalue weighted by molar-refractivity contribution is -0.141. The maximum absolute atomic E-state index is 13.8. The Kier molecular flexibility index (Phi) is 7.62. The van der Waals surface area contributed by atoms with Crippen molar-refractivity contribution in [1.29, 1.82) is 0 Å². The Morgan fingerprint density at radius 1 is 1.18 bits per heavy atom. The van der Waals surface area contributed by atoms with Crippen LogP contribution in [0.15, 0.2) is 18.2 Å². The number of methoxy groups -OCH3 is 2. The molecule has 1 aliphatic carbocycles. The number of nitrogens with zero attached hydrogens (tertiary/aromatic N) is 2. The monoisotopic (exact) mass is 488 g/mol. The molecule has 1 heterocycles. The van der Waals surface area contributed by atoms with Crippen molar-refractivity contribution in [2.45, 2.75) is 78.1 Å². The van der Waals surface area contributed by atoms with Gasteiger partial charge >= 0.3 is 5.97 Å². The van der Waals surface area contributed by atoms with Gasteiger partial charge in [0.15, 0.2) is 14.1 Å². The van der Waals surface area contributed by atoms with Crippen LogP contribution in [-0.4, -0.2) is 50.4 Å². The molecule has 0 saturated heterocycles. The first-order valence-corrected chi connectivity index (χ1v) is 15.0. The summed E-state index contributed by atoms with van der Waals surface area (Å²) in [5.41, 5.74) is 0.827. The van der Waals surface area contributed by atoms with Crippen molar-refractivity contribution in [1.82, 2.24) is 9.55 Å². The van der Waals surface area contributed by atoms with E-state index in [1.807, 2.05) is 13.0 Å². The van der Waals surface area contributed by atoms with Crippen LogP contribution in [0.1, 0.15) is 64.0 Å². The quantitative estimate of drug-likeness (QED) is 0.273. The van der Waals surface area contributed by atoms with E-state index in [-0.39, 0.29) is 17.4 Å². The Bertz CT molecular complexity index is 1050. The number of hydrogen-bond donors (Lipinski definition) is 0. The van der Waals surface area contributed by atoms with Gasteiger partial charge in [0, 0.05) is 18.1 Å². The molecule has 2 aromatic rings. The van der Waals surface area contributed by atoms with Crippen LogP contribution in [0.3, 0.4) is 0 Å². The fourth-order valence-corrected chi connectivity index (χ4v) is 5.36. The summed E-state index contributed by atoms with van der Waals surface area (Å²) in [5.74, 6) is 0.981. The van der Waals surface area contributed by atoms with E-state index in [0.29, 0.717) is 28.5 Å². The van der Waals surface area contributed by atoms with E-state index in [2.05, 4.69) is 38.8 Å². The smallest absolute Gasteiger partial charge is 0.325 e. The van der Waals surface area contributed by atoms with Crippen LogP contribution in [0.5, 0.6) is 5.75 Å². The molecule has 1 aromatic carbocycles. The van der Waals surface area contributed by atoms with Crippen molar-refractivity contribution in [3.8, 4) is 5.75 Å². The van der Waals surface area contributed by atoms with Gasteiger partial charge in [-0.05, 0) is 61.9 Å². The standard InChI is InChI=1S/C26H40N2O5Si/c1-25(2,3)34(7,8)33-17-18-11-13-26(4,14-12-18)23(30)24-27-20-10-9-19(31-5)15-21(20)28(24)16-22(29)32-6/h9-10,15,18H,11-14,16-17H2,1-8H3. The fraction of sp³-hybridized carbons (Fsp3) is 0.654. The SMILES string of the molecule is COC(=O)Cn1c(C(=O)C2(C)CCC(CO[Si](C)(C)C(C)(C)C)CC2)nc2ccc(OC)cc21. The zero-order chi connectivity index (χ0) is 25.3. The molecule has 3 rings (SSSR count). The first-order chi connectivity index (χ1) is 15.8. The largest absolute Gasteiger partial charge is 0.497 e. The van der Waals surface area contributed by atoms with Gasteiger partial charge in [-0.3, -0.25) is 9.59 Å². The summed E-state index contributed by atoms with van der Waals surface area (Å²) in [5, 5.41) is 0.188. The average molecular weight is 489 g/mol. The Morgan fingerprint density at radius 2 is 1.82 bits per heavy atom. The summed E-state index contributed by atoms with van der Waals surface area (Å²) in [6, 6.07) is 5.43. The van der Waals surface area contributed by atoms with Gasteiger partial charge in [-0.2, -0.15) is 0 Å². The molecule has 1 aromatic heterocycles. The lowest BCUT2D eigenvalue weighted by Crippen LogP contribution is -2.43. The zero-order valence-electron chi connectivity index (χ0n) is 22.0. The van der Waals surface area contributed by atoms with Crippen LogP contribution in [0, 0.1) is 11.3 Å². The Morgan fingerprint density at radius 3 is 2.38 bits per heavy atom. The van der Waals surface area contributed by atoms with E-state index >= 15 is 0 Å². The third kappa shape index (κ3) is 5.38. The van der Waals surface area contributed by atoms with Crippen molar-refractivity contribution in [3.05, 3.63) is 24.0 Å². The average Bonchev–Trinajstić information content (AvgIpc) is 3.14. The molecule has 34 heavy (non-hydrogen) atoms. The van der Waals surface area contributed by atoms with Gasteiger partial charge in [0.2, 0.25) is 5.78 Å². The third-order valence-electron chi connectivity index (χ3n) is 7.92. The van der Waals surface area contributed by atoms with E-state index in [4.69, 9.17) is 13.9 Å². The third-order valence-corrected chi connectivity index (χ3v) is 12.4. The molecule has 0 radical (unpaired) electrons. The minimum absolute atomic E-state index is 0.0182.